The van der Waals surface area contributed by atoms with E-state index in [1.807, 2.05) is 0 Å². The Balaban J connectivity index is 3.94. The molecular weight excluding hydrogens is 162 g/mol. The Hall–Kier alpha value is -1.57. The molecule has 0 aliphatic heterocycles. The van der Waals surface area contributed by atoms with Crippen molar-refractivity contribution in [2.45, 2.75) is 13.0 Å². The first-order valence-electron chi connectivity index (χ1n) is 3.19. The number of carbonyl (C=O) groups is 2. The standard InChI is InChI=1S/C7H9NO4/c1-5(9)12-4-6(8-2)7(10)11-3/h6H,4H2,1,3H3. The largest absolute Gasteiger partial charge is 0.463 e. The van der Waals surface area contributed by atoms with E-state index in [0.29, 0.717) is 0 Å². The molecule has 5 heteroatoms. The second kappa shape index (κ2) is 5.13. The highest BCUT2D eigenvalue weighted by Crippen LogP contribution is 1.95. The van der Waals surface area contributed by atoms with Gasteiger partial charge >= 0.3 is 18.0 Å². The number of hydrogen-bond acceptors (Lipinski definition) is 4. The molecule has 0 bridgehead atoms. The lowest BCUT2D eigenvalue weighted by molar-refractivity contribution is -0.146. The van der Waals surface area contributed by atoms with Gasteiger partial charge in [0.25, 0.3) is 0 Å². The number of nitrogens with zero attached hydrogens (tertiary/aromatic N) is 1. The third kappa shape index (κ3) is 3.56. The van der Waals surface area contributed by atoms with Crippen LogP contribution in [-0.2, 0) is 19.1 Å². The molecule has 0 saturated carbocycles. The number of methoxy groups -OCH3 is 1. The van der Waals surface area contributed by atoms with Gasteiger partial charge in [0.2, 0.25) is 0 Å². The van der Waals surface area contributed by atoms with Crippen molar-refractivity contribution in [1.82, 2.24) is 0 Å². The van der Waals surface area contributed by atoms with Crippen molar-refractivity contribution in [1.29, 1.82) is 0 Å². The maximum absolute atomic E-state index is 10.7. The monoisotopic (exact) mass is 171 g/mol. The number of carbonyl (C=O) groups excluding carboxylic acids is 2. The summed E-state index contributed by atoms with van der Waals surface area (Å²) in [5.41, 5.74) is 0. The van der Waals surface area contributed by atoms with Crippen LogP contribution < -0.4 is 0 Å². The molecule has 0 saturated heterocycles. The molecule has 0 N–H and O–H groups in total. The Labute approximate surface area is 70.1 Å². The minimum absolute atomic E-state index is 0.245. The zero-order valence-corrected chi connectivity index (χ0v) is 6.86. The van der Waals surface area contributed by atoms with E-state index in [1.54, 1.807) is 0 Å². The molecule has 0 aromatic heterocycles. The van der Waals surface area contributed by atoms with Crippen LogP contribution in [0.2, 0.25) is 0 Å². The first-order valence-corrected chi connectivity index (χ1v) is 3.19. The van der Waals surface area contributed by atoms with E-state index in [-0.39, 0.29) is 6.61 Å². The zero-order valence-electron chi connectivity index (χ0n) is 6.86. The molecule has 0 aromatic rings. The summed E-state index contributed by atoms with van der Waals surface area (Å²) in [5.74, 6) is -1.21. The maximum Gasteiger partial charge on any atom is 0.393 e. The van der Waals surface area contributed by atoms with E-state index in [4.69, 9.17) is 6.57 Å². The zero-order chi connectivity index (χ0) is 9.56. The highest BCUT2D eigenvalue weighted by molar-refractivity contribution is 5.78. The van der Waals surface area contributed by atoms with Crippen LogP contribution in [0.3, 0.4) is 0 Å². The SMILES string of the molecule is [C-]#[N+]C(COC(C)=O)C(=O)OC. The van der Waals surface area contributed by atoms with Crippen molar-refractivity contribution >= 4 is 11.9 Å². The molecule has 0 amide bonds. The van der Waals surface area contributed by atoms with E-state index in [0.717, 1.165) is 0 Å². The quantitative estimate of drug-likeness (QED) is 0.443. The Bertz CT molecular complexity index is 218. The van der Waals surface area contributed by atoms with Crippen LogP contribution in [-0.4, -0.2) is 31.7 Å². The molecule has 0 aromatic carbocycles. The molecule has 0 aliphatic rings. The van der Waals surface area contributed by atoms with E-state index in [9.17, 15) is 9.59 Å². The number of ether oxygens (including phenoxy) is 2. The van der Waals surface area contributed by atoms with E-state index in [1.165, 1.54) is 14.0 Å². The summed E-state index contributed by atoms with van der Waals surface area (Å²) in [6, 6.07) is -1.04. The Morgan fingerprint density at radius 1 is 1.58 bits per heavy atom. The van der Waals surface area contributed by atoms with Gasteiger partial charge in [-0.05, 0) is 0 Å². The van der Waals surface area contributed by atoms with Crippen molar-refractivity contribution < 1.29 is 19.1 Å². The van der Waals surface area contributed by atoms with Crippen molar-refractivity contribution in [3.8, 4) is 0 Å². The summed E-state index contributed by atoms with van der Waals surface area (Å²) in [6.45, 7) is 7.53. The van der Waals surface area contributed by atoms with Crippen molar-refractivity contribution in [2.75, 3.05) is 13.7 Å². The lowest BCUT2D eigenvalue weighted by atomic mass is 10.3. The first kappa shape index (κ1) is 10.4. The van der Waals surface area contributed by atoms with Gasteiger partial charge in [-0.15, -0.1) is 0 Å². The average molecular weight is 171 g/mol. The van der Waals surface area contributed by atoms with Crippen LogP contribution in [0.1, 0.15) is 6.92 Å². The van der Waals surface area contributed by atoms with Crippen LogP contribution in [0, 0.1) is 6.57 Å². The fourth-order valence-electron chi connectivity index (χ4n) is 0.490. The third-order valence-corrected chi connectivity index (χ3v) is 1.07. The van der Waals surface area contributed by atoms with E-state index in [2.05, 4.69) is 14.3 Å². The summed E-state index contributed by atoms with van der Waals surface area (Å²) in [6.07, 6.45) is 0. The predicted octanol–water partition coefficient (Wildman–Crippen LogP) is 0.0104. The Kier molecular flexibility index (Phi) is 4.46. The van der Waals surface area contributed by atoms with Gasteiger partial charge in [0.05, 0.1) is 7.11 Å². The van der Waals surface area contributed by atoms with Crippen LogP contribution in [0.15, 0.2) is 0 Å². The number of hydrogen-bond donors (Lipinski definition) is 0. The van der Waals surface area contributed by atoms with Gasteiger partial charge in [0.1, 0.15) is 0 Å². The number of esters is 2. The van der Waals surface area contributed by atoms with Crippen LogP contribution >= 0.6 is 0 Å². The van der Waals surface area contributed by atoms with Gasteiger partial charge in [0.15, 0.2) is 6.61 Å². The molecule has 1 atom stereocenters. The molecule has 66 valence electrons. The van der Waals surface area contributed by atoms with Crippen LogP contribution in [0.25, 0.3) is 4.85 Å². The molecule has 5 nitrogen and oxygen atoms in total. The van der Waals surface area contributed by atoms with Gasteiger partial charge in [-0.25, -0.2) is 11.4 Å². The summed E-state index contributed by atoms with van der Waals surface area (Å²) in [7, 11) is 1.17. The van der Waals surface area contributed by atoms with Gasteiger partial charge in [0, 0.05) is 6.92 Å². The first-order chi connectivity index (χ1) is 5.61. The predicted molar refractivity (Wildman–Crippen MR) is 39.0 cm³/mol. The topological polar surface area (TPSA) is 57.0 Å². The highest BCUT2D eigenvalue weighted by atomic mass is 16.5. The molecule has 1 unspecified atom stereocenters. The smallest absolute Gasteiger partial charge is 0.393 e. The van der Waals surface area contributed by atoms with E-state index < -0.39 is 18.0 Å². The maximum atomic E-state index is 10.7. The second-order valence-electron chi connectivity index (χ2n) is 1.97. The number of rotatable bonds is 3. The molecular formula is C7H9NO4. The van der Waals surface area contributed by atoms with Gasteiger partial charge in [-0.2, -0.15) is 0 Å². The lowest BCUT2D eigenvalue weighted by Crippen LogP contribution is -2.25. The van der Waals surface area contributed by atoms with Crippen LogP contribution in [0.4, 0.5) is 0 Å². The van der Waals surface area contributed by atoms with Crippen molar-refractivity contribution in [2.24, 2.45) is 0 Å². The normalized spacial score (nSPS) is 11.1. The molecule has 0 spiro atoms. The lowest BCUT2D eigenvalue weighted by Gasteiger charge is -2.02. The van der Waals surface area contributed by atoms with Crippen molar-refractivity contribution in [3.05, 3.63) is 11.4 Å². The fourth-order valence-corrected chi connectivity index (χ4v) is 0.490. The Morgan fingerprint density at radius 3 is 2.50 bits per heavy atom. The minimum Gasteiger partial charge on any atom is -0.463 e. The summed E-state index contributed by atoms with van der Waals surface area (Å²) in [4.78, 5) is 24.0. The van der Waals surface area contributed by atoms with Gasteiger partial charge in [-0.3, -0.25) is 9.64 Å². The van der Waals surface area contributed by atoms with E-state index >= 15 is 0 Å². The van der Waals surface area contributed by atoms with Crippen molar-refractivity contribution in [3.63, 3.8) is 0 Å². The molecule has 0 fully saturated rings. The fraction of sp³-hybridized carbons (Fsp3) is 0.571. The molecule has 0 heterocycles. The summed E-state index contributed by atoms with van der Waals surface area (Å²) < 4.78 is 8.76. The summed E-state index contributed by atoms with van der Waals surface area (Å²) in [5, 5.41) is 0. The Morgan fingerprint density at radius 2 is 2.17 bits per heavy atom. The van der Waals surface area contributed by atoms with Gasteiger partial charge in [-0.1, -0.05) is 0 Å². The highest BCUT2D eigenvalue weighted by Gasteiger charge is 2.25. The molecule has 0 aliphatic carbocycles. The average Bonchev–Trinajstić information content (AvgIpc) is 2.04. The molecule has 12 heavy (non-hydrogen) atoms. The molecule has 0 rings (SSSR count). The van der Waals surface area contributed by atoms with Crippen LogP contribution in [0.5, 0.6) is 0 Å². The molecule has 0 radical (unpaired) electrons. The summed E-state index contributed by atoms with van der Waals surface area (Å²) >= 11 is 0. The minimum atomic E-state index is -1.04. The third-order valence-electron chi connectivity index (χ3n) is 1.07. The second-order valence-corrected chi connectivity index (χ2v) is 1.97. The van der Waals surface area contributed by atoms with Gasteiger partial charge < -0.3 is 9.47 Å².